The first-order valence-electron chi connectivity index (χ1n) is 9.97. The maximum absolute atomic E-state index is 13.0. The van der Waals surface area contributed by atoms with E-state index >= 15 is 0 Å². The zero-order valence-electron chi connectivity index (χ0n) is 17.2. The van der Waals surface area contributed by atoms with Gasteiger partial charge >= 0.3 is 0 Å². The van der Waals surface area contributed by atoms with Gasteiger partial charge in [-0.15, -0.1) is 0 Å². The largest absolute Gasteiger partial charge is 0.493 e. The molecule has 0 bridgehead atoms. The smallest absolute Gasteiger partial charge is 0.261 e. The predicted octanol–water partition coefficient (Wildman–Crippen LogP) is 1.84. The number of fused-ring (bicyclic) bond motifs is 1. The summed E-state index contributed by atoms with van der Waals surface area (Å²) in [4.78, 5) is 24.0. The first-order chi connectivity index (χ1) is 14.5. The normalized spacial score (nSPS) is 16.5. The Morgan fingerprint density at radius 2 is 1.83 bits per heavy atom. The molecule has 0 atom stereocenters. The number of hydrogen-bond donors (Lipinski definition) is 1. The molecule has 3 heterocycles. The molecule has 1 fully saturated rings. The molecule has 1 N–H and O–H groups in total. The zero-order valence-corrected chi connectivity index (χ0v) is 17.2. The van der Waals surface area contributed by atoms with E-state index in [2.05, 4.69) is 14.9 Å². The molecular weight excluding hydrogens is 384 g/mol. The number of pyridine rings is 1. The van der Waals surface area contributed by atoms with Gasteiger partial charge in [0, 0.05) is 31.9 Å². The van der Waals surface area contributed by atoms with Crippen LogP contribution in [0.3, 0.4) is 0 Å². The number of hydrogen-bond acceptors (Lipinski definition) is 7. The van der Waals surface area contributed by atoms with Crippen LogP contribution in [0.1, 0.15) is 18.5 Å². The van der Waals surface area contributed by atoms with Gasteiger partial charge in [-0.05, 0) is 31.0 Å². The molecule has 1 aliphatic rings. The van der Waals surface area contributed by atoms with E-state index in [1.165, 1.54) is 18.0 Å². The minimum atomic E-state index is -0.948. The quantitative estimate of drug-likeness (QED) is 0.663. The highest BCUT2D eigenvalue weighted by molar-refractivity contribution is 5.81. The Morgan fingerprint density at radius 1 is 1.10 bits per heavy atom. The standard InChI is InChI=1S/C22H26N4O4/c1-29-19-11-17-18(12-20(19)30-2)24-15-26(21(17)27)14-22(28)6-9-25(10-7-22)13-16-5-3-4-8-23-16/h3-5,8,11-12,15,28H,6-7,9-10,13-14H2,1-2H3. The molecule has 158 valence electrons. The molecule has 8 heteroatoms. The van der Waals surface area contributed by atoms with Crippen LogP contribution >= 0.6 is 0 Å². The Bertz CT molecular complexity index is 1080. The van der Waals surface area contributed by atoms with E-state index in [-0.39, 0.29) is 12.1 Å². The van der Waals surface area contributed by atoms with E-state index in [0.29, 0.717) is 35.2 Å². The summed E-state index contributed by atoms with van der Waals surface area (Å²) in [7, 11) is 3.07. The molecule has 1 aromatic carbocycles. The van der Waals surface area contributed by atoms with Crippen LogP contribution in [0.25, 0.3) is 10.9 Å². The van der Waals surface area contributed by atoms with Gasteiger partial charge in [-0.25, -0.2) is 4.98 Å². The van der Waals surface area contributed by atoms with Gasteiger partial charge in [0.05, 0.1) is 49.3 Å². The van der Waals surface area contributed by atoms with Crippen molar-refractivity contribution in [1.82, 2.24) is 19.4 Å². The fourth-order valence-electron chi connectivity index (χ4n) is 3.92. The molecule has 0 radical (unpaired) electrons. The molecule has 0 spiro atoms. The zero-order chi connectivity index (χ0) is 21.1. The number of likely N-dealkylation sites (tertiary alicyclic amines) is 1. The van der Waals surface area contributed by atoms with Crippen molar-refractivity contribution in [3.8, 4) is 11.5 Å². The third kappa shape index (κ3) is 4.15. The summed E-state index contributed by atoms with van der Waals surface area (Å²) in [5.41, 5.74) is 0.398. The fraction of sp³-hybridized carbons (Fsp3) is 0.409. The first kappa shape index (κ1) is 20.3. The number of aromatic nitrogens is 3. The second-order valence-corrected chi connectivity index (χ2v) is 7.72. The predicted molar refractivity (Wildman–Crippen MR) is 113 cm³/mol. The molecule has 1 saturated heterocycles. The van der Waals surface area contributed by atoms with Gasteiger partial charge in [0.25, 0.3) is 5.56 Å². The van der Waals surface area contributed by atoms with Gasteiger partial charge in [0.2, 0.25) is 0 Å². The van der Waals surface area contributed by atoms with Crippen LogP contribution in [0.2, 0.25) is 0 Å². The SMILES string of the molecule is COc1cc2ncn(CC3(O)CCN(Cc4ccccn4)CC3)c(=O)c2cc1OC. The maximum Gasteiger partial charge on any atom is 0.261 e. The van der Waals surface area contributed by atoms with Gasteiger partial charge in [0.15, 0.2) is 11.5 Å². The first-order valence-corrected chi connectivity index (χ1v) is 9.97. The highest BCUT2D eigenvalue weighted by Gasteiger charge is 2.33. The van der Waals surface area contributed by atoms with Gasteiger partial charge in [0.1, 0.15) is 0 Å². The Kier molecular flexibility index (Phi) is 5.69. The van der Waals surface area contributed by atoms with Crippen molar-refractivity contribution in [2.75, 3.05) is 27.3 Å². The van der Waals surface area contributed by atoms with Crippen LogP contribution in [0, 0.1) is 0 Å². The Balaban J connectivity index is 1.50. The summed E-state index contributed by atoms with van der Waals surface area (Å²) < 4.78 is 12.1. The van der Waals surface area contributed by atoms with E-state index in [9.17, 15) is 9.90 Å². The number of rotatable bonds is 6. The second-order valence-electron chi connectivity index (χ2n) is 7.72. The van der Waals surface area contributed by atoms with Crippen LogP contribution in [0.5, 0.6) is 11.5 Å². The monoisotopic (exact) mass is 410 g/mol. The lowest BCUT2D eigenvalue weighted by atomic mass is 9.91. The van der Waals surface area contributed by atoms with Gasteiger partial charge in [-0.2, -0.15) is 0 Å². The summed E-state index contributed by atoms with van der Waals surface area (Å²) in [6.45, 7) is 2.46. The number of nitrogens with zero attached hydrogens (tertiary/aromatic N) is 4. The lowest BCUT2D eigenvalue weighted by Gasteiger charge is -2.38. The molecule has 0 saturated carbocycles. The topological polar surface area (TPSA) is 89.7 Å². The van der Waals surface area contributed by atoms with Gasteiger partial charge < -0.3 is 14.6 Å². The summed E-state index contributed by atoms with van der Waals surface area (Å²) in [5.74, 6) is 0.997. The Morgan fingerprint density at radius 3 is 2.50 bits per heavy atom. The van der Waals surface area contributed by atoms with Crippen molar-refractivity contribution >= 4 is 10.9 Å². The third-order valence-electron chi connectivity index (χ3n) is 5.69. The number of benzene rings is 1. The number of aliphatic hydroxyl groups is 1. The summed E-state index contributed by atoms with van der Waals surface area (Å²) in [6.07, 6.45) is 4.45. The fourth-order valence-corrected chi connectivity index (χ4v) is 3.92. The molecule has 0 amide bonds. The van der Waals surface area contributed by atoms with E-state index in [1.54, 1.807) is 25.4 Å². The van der Waals surface area contributed by atoms with Crippen molar-refractivity contribution in [2.45, 2.75) is 31.5 Å². The highest BCUT2D eigenvalue weighted by Crippen LogP contribution is 2.30. The highest BCUT2D eigenvalue weighted by atomic mass is 16.5. The minimum absolute atomic E-state index is 0.203. The van der Waals surface area contributed by atoms with Crippen LogP contribution in [-0.4, -0.2) is 57.5 Å². The average molecular weight is 410 g/mol. The van der Waals surface area contributed by atoms with E-state index < -0.39 is 5.60 Å². The molecule has 2 aromatic heterocycles. The molecule has 8 nitrogen and oxygen atoms in total. The Hall–Kier alpha value is -2.97. The Labute approximate surface area is 174 Å². The molecule has 3 aromatic rings. The number of piperidine rings is 1. The van der Waals surface area contributed by atoms with E-state index in [0.717, 1.165) is 25.3 Å². The lowest BCUT2D eigenvalue weighted by molar-refractivity contribution is -0.0366. The molecule has 4 rings (SSSR count). The molecule has 0 unspecified atom stereocenters. The maximum atomic E-state index is 13.0. The van der Waals surface area contributed by atoms with Crippen molar-refractivity contribution in [3.63, 3.8) is 0 Å². The van der Waals surface area contributed by atoms with Crippen LogP contribution < -0.4 is 15.0 Å². The van der Waals surface area contributed by atoms with Crippen molar-refractivity contribution < 1.29 is 14.6 Å². The lowest BCUT2D eigenvalue weighted by Crippen LogP contribution is -2.47. The van der Waals surface area contributed by atoms with E-state index in [1.807, 2.05) is 18.2 Å². The number of ether oxygens (including phenoxy) is 2. The summed E-state index contributed by atoms with van der Waals surface area (Å²) in [6, 6.07) is 9.21. The summed E-state index contributed by atoms with van der Waals surface area (Å²) in [5, 5.41) is 11.5. The van der Waals surface area contributed by atoms with Crippen molar-refractivity contribution in [3.05, 3.63) is 58.9 Å². The van der Waals surface area contributed by atoms with Crippen LogP contribution in [0.15, 0.2) is 47.7 Å². The van der Waals surface area contributed by atoms with Crippen LogP contribution in [0.4, 0.5) is 0 Å². The van der Waals surface area contributed by atoms with E-state index in [4.69, 9.17) is 9.47 Å². The van der Waals surface area contributed by atoms with Crippen molar-refractivity contribution in [1.29, 1.82) is 0 Å². The van der Waals surface area contributed by atoms with Gasteiger partial charge in [-0.1, -0.05) is 6.07 Å². The molecule has 0 aliphatic carbocycles. The average Bonchev–Trinajstić information content (AvgIpc) is 2.77. The summed E-state index contributed by atoms with van der Waals surface area (Å²) >= 11 is 0. The molecule has 1 aliphatic heterocycles. The number of methoxy groups -OCH3 is 2. The third-order valence-corrected chi connectivity index (χ3v) is 5.69. The molecular formula is C22H26N4O4. The molecule has 30 heavy (non-hydrogen) atoms. The van der Waals surface area contributed by atoms with Gasteiger partial charge in [-0.3, -0.25) is 19.2 Å². The minimum Gasteiger partial charge on any atom is -0.493 e. The van der Waals surface area contributed by atoms with Crippen LogP contribution in [-0.2, 0) is 13.1 Å². The van der Waals surface area contributed by atoms with Crippen molar-refractivity contribution in [2.24, 2.45) is 0 Å². The second kappa shape index (κ2) is 8.41.